The lowest BCUT2D eigenvalue weighted by molar-refractivity contribution is -0.275. The van der Waals surface area contributed by atoms with Crippen molar-refractivity contribution in [2.24, 2.45) is 0 Å². The molecule has 0 heterocycles. The molecule has 0 fully saturated rings. The quantitative estimate of drug-likeness (QED) is 0.172. The predicted octanol–water partition coefficient (Wildman–Crippen LogP) is 9.61. The molecule has 0 bridgehead atoms. The summed E-state index contributed by atoms with van der Waals surface area (Å²) in [7, 11) is 0. The zero-order valence-electron chi connectivity index (χ0n) is 19.6. The molecular formula is C29H24F6O. The molecule has 0 N–H and O–H groups in total. The molecule has 0 atom stereocenters. The zero-order chi connectivity index (χ0) is 25.9. The molecule has 7 heteroatoms. The minimum atomic E-state index is -5.09. The van der Waals surface area contributed by atoms with Gasteiger partial charge in [0.1, 0.15) is 11.6 Å². The highest BCUT2D eigenvalue weighted by Crippen LogP contribution is 2.35. The Kier molecular flexibility index (Phi) is 7.57. The van der Waals surface area contributed by atoms with Crippen LogP contribution in [0.15, 0.2) is 66.7 Å². The largest absolute Gasteiger partial charge is 0.573 e. The highest BCUT2D eigenvalue weighted by atomic mass is 19.4. The topological polar surface area (TPSA) is 9.23 Å². The molecule has 0 aliphatic carbocycles. The second-order valence-electron chi connectivity index (χ2n) is 8.71. The van der Waals surface area contributed by atoms with Crippen LogP contribution in [-0.4, -0.2) is 6.36 Å². The van der Waals surface area contributed by atoms with Crippen LogP contribution in [0, 0.1) is 17.5 Å². The molecular weight excluding hydrogens is 478 g/mol. The van der Waals surface area contributed by atoms with Crippen molar-refractivity contribution >= 4 is 10.8 Å². The number of ether oxygens (including phenoxy) is 1. The fourth-order valence-electron chi connectivity index (χ4n) is 4.27. The van der Waals surface area contributed by atoms with Crippen molar-refractivity contribution in [3.05, 3.63) is 89.7 Å². The van der Waals surface area contributed by atoms with Gasteiger partial charge >= 0.3 is 6.36 Å². The van der Waals surface area contributed by atoms with E-state index in [1.807, 2.05) is 18.2 Å². The first-order valence-corrected chi connectivity index (χ1v) is 11.7. The van der Waals surface area contributed by atoms with Crippen LogP contribution in [0.2, 0.25) is 0 Å². The van der Waals surface area contributed by atoms with Crippen LogP contribution in [0.3, 0.4) is 0 Å². The number of fused-ring (bicyclic) bond motifs is 1. The Morgan fingerprint density at radius 2 is 1.28 bits per heavy atom. The Morgan fingerprint density at radius 3 is 1.94 bits per heavy atom. The van der Waals surface area contributed by atoms with E-state index in [4.69, 9.17) is 0 Å². The molecule has 0 amide bonds. The number of unbranched alkanes of at least 4 members (excludes halogenated alkanes) is 3. The van der Waals surface area contributed by atoms with Crippen molar-refractivity contribution in [3.8, 4) is 28.0 Å². The van der Waals surface area contributed by atoms with Crippen molar-refractivity contribution in [2.45, 2.75) is 45.4 Å². The molecule has 4 aromatic carbocycles. The fourth-order valence-corrected chi connectivity index (χ4v) is 4.27. The van der Waals surface area contributed by atoms with Crippen LogP contribution in [0.5, 0.6) is 5.75 Å². The summed E-state index contributed by atoms with van der Waals surface area (Å²) >= 11 is 0. The predicted molar refractivity (Wildman–Crippen MR) is 129 cm³/mol. The van der Waals surface area contributed by atoms with Crippen LogP contribution in [0.4, 0.5) is 26.3 Å². The number of alkyl halides is 3. The Labute approximate surface area is 205 Å². The van der Waals surface area contributed by atoms with Gasteiger partial charge in [-0.25, -0.2) is 13.2 Å². The molecule has 0 unspecified atom stereocenters. The van der Waals surface area contributed by atoms with Gasteiger partial charge in [0, 0.05) is 0 Å². The maximum absolute atomic E-state index is 15.0. The van der Waals surface area contributed by atoms with E-state index in [-0.39, 0.29) is 11.1 Å². The Bertz CT molecular complexity index is 1350. The number of benzene rings is 4. The third kappa shape index (κ3) is 6.01. The summed E-state index contributed by atoms with van der Waals surface area (Å²) in [6, 6.07) is 16.2. The normalized spacial score (nSPS) is 11.8. The van der Waals surface area contributed by atoms with Crippen LogP contribution >= 0.6 is 0 Å². The third-order valence-electron chi connectivity index (χ3n) is 6.05. The number of halogens is 6. The van der Waals surface area contributed by atoms with E-state index in [9.17, 15) is 26.3 Å². The molecule has 0 aromatic heterocycles. The Morgan fingerprint density at radius 1 is 0.639 bits per heavy atom. The first-order valence-electron chi connectivity index (χ1n) is 11.7. The van der Waals surface area contributed by atoms with E-state index in [1.165, 1.54) is 24.8 Å². The molecule has 4 aromatic rings. The van der Waals surface area contributed by atoms with E-state index in [0.29, 0.717) is 17.7 Å². The number of hydrogen-bond donors (Lipinski definition) is 0. The lowest BCUT2D eigenvalue weighted by atomic mass is 9.96. The van der Waals surface area contributed by atoms with Crippen molar-refractivity contribution in [1.82, 2.24) is 0 Å². The van der Waals surface area contributed by atoms with Gasteiger partial charge < -0.3 is 4.74 Å². The van der Waals surface area contributed by atoms with Gasteiger partial charge in [-0.3, -0.25) is 0 Å². The average molecular weight is 502 g/mol. The molecule has 36 heavy (non-hydrogen) atoms. The van der Waals surface area contributed by atoms with Gasteiger partial charge in [0.05, 0.1) is 5.56 Å². The highest BCUT2D eigenvalue weighted by Gasteiger charge is 2.32. The molecule has 4 rings (SSSR count). The molecule has 188 valence electrons. The van der Waals surface area contributed by atoms with E-state index in [1.54, 1.807) is 6.07 Å². The highest BCUT2D eigenvalue weighted by molar-refractivity contribution is 5.88. The second-order valence-corrected chi connectivity index (χ2v) is 8.71. The standard InChI is InChI=1S/C29H24F6O/c1-2-3-4-5-6-18-7-8-20-14-21(10-9-19(20)13-18)23-16-25(31)28(26(32)17-23)22-11-12-27(24(30)15-22)36-29(33,34)35/h7-17H,2-6H2,1H3. The van der Waals surface area contributed by atoms with Crippen molar-refractivity contribution < 1.29 is 31.1 Å². The molecule has 0 aliphatic rings. The summed E-state index contributed by atoms with van der Waals surface area (Å²) in [5.41, 5.74) is 1.35. The van der Waals surface area contributed by atoms with E-state index in [2.05, 4.69) is 23.8 Å². The first-order chi connectivity index (χ1) is 17.1. The van der Waals surface area contributed by atoms with Gasteiger partial charge in [0.2, 0.25) is 0 Å². The minimum absolute atomic E-state index is 0.242. The van der Waals surface area contributed by atoms with Crippen LogP contribution in [0.1, 0.15) is 38.2 Å². The number of aryl methyl sites for hydroxylation is 1. The Hall–Kier alpha value is -3.48. The second kappa shape index (κ2) is 10.6. The van der Waals surface area contributed by atoms with Gasteiger partial charge in [0.15, 0.2) is 11.6 Å². The monoisotopic (exact) mass is 502 g/mol. The molecule has 1 nitrogen and oxygen atoms in total. The maximum atomic E-state index is 15.0. The summed E-state index contributed by atoms with van der Waals surface area (Å²) in [6.45, 7) is 2.17. The van der Waals surface area contributed by atoms with Crippen LogP contribution in [-0.2, 0) is 6.42 Å². The van der Waals surface area contributed by atoms with Gasteiger partial charge in [-0.15, -0.1) is 13.2 Å². The van der Waals surface area contributed by atoms with Crippen molar-refractivity contribution in [1.29, 1.82) is 0 Å². The summed E-state index contributed by atoms with van der Waals surface area (Å²) in [6.07, 6.45) is 0.636. The lowest BCUT2D eigenvalue weighted by Crippen LogP contribution is -2.17. The molecule has 0 saturated carbocycles. The van der Waals surface area contributed by atoms with Crippen LogP contribution in [0.25, 0.3) is 33.0 Å². The first kappa shape index (κ1) is 25.6. The maximum Gasteiger partial charge on any atom is 0.573 e. The molecule has 0 radical (unpaired) electrons. The summed E-state index contributed by atoms with van der Waals surface area (Å²) < 4.78 is 84.6. The summed E-state index contributed by atoms with van der Waals surface area (Å²) in [4.78, 5) is 0. The van der Waals surface area contributed by atoms with Gasteiger partial charge in [-0.2, -0.15) is 0 Å². The number of hydrogen-bond acceptors (Lipinski definition) is 1. The lowest BCUT2D eigenvalue weighted by Gasteiger charge is -2.13. The molecule has 0 spiro atoms. The van der Waals surface area contributed by atoms with Gasteiger partial charge in [0.25, 0.3) is 0 Å². The molecule has 0 aliphatic heterocycles. The minimum Gasteiger partial charge on any atom is -0.403 e. The number of rotatable bonds is 8. The summed E-state index contributed by atoms with van der Waals surface area (Å²) in [5.74, 6) is -4.39. The zero-order valence-corrected chi connectivity index (χ0v) is 19.6. The molecule has 0 saturated heterocycles. The van der Waals surface area contributed by atoms with E-state index < -0.39 is 35.1 Å². The fraction of sp³-hybridized carbons (Fsp3) is 0.241. The average Bonchev–Trinajstić information content (AvgIpc) is 2.82. The Balaban J connectivity index is 1.60. The summed E-state index contributed by atoms with van der Waals surface area (Å²) in [5, 5.41) is 1.96. The van der Waals surface area contributed by atoms with Gasteiger partial charge in [-0.05, 0) is 76.2 Å². The van der Waals surface area contributed by atoms with E-state index in [0.717, 1.165) is 41.8 Å². The van der Waals surface area contributed by atoms with Crippen molar-refractivity contribution in [2.75, 3.05) is 0 Å². The van der Waals surface area contributed by atoms with Gasteiger partial charge in [-0.1, -0.05) is 62.6 Å². The van der Waals surface area contributed by atoms with Crippen molar-refractivity contribution in [3.63, 3.8) is 0 Å². The third-order valence-corrected chi connectivity index (χ3v) is 6.05. The van der Waals surface area contributed by atoms with Crippen LogP contribution < -0.4 is 4.74 Å². The van der Waals surface area contributed by atoms with E-state index >= 15 is 0 Å². The smallest absolute Gasteiger partial charge is 0.403 e. The SMILES string of the molecule is CCCCCCc1ccc2cc(-c3cc(F)c(-c4ccc(OC(F)(F)F)c(F)c4)c(F)c3)ccc2c1.